The largest absolute Gasteiger partial charge is 0.507 e. The maximum absolute atomic E-state index is 10.8. The van der Waals surface area contributed by atoms with Crippen molar-refractivity contribution in [1.82, 2.24) is 5.43 Å². The molecule has 1 aromatic rings. The van der Waals surface area contributed by atoms with E-state index < -0.39 is 17.8 Å². The fourth-order valence-corrected chi connectivity index (χ4v) is 2.36. The molecule has 0 bridgehead atoms. The van der Waals surface area contributed by atoms with Crippen molar-refractivity contribution in [2.75, 3.05) is 0 Å². The molecule has 0 spiro atoms. The van der Waals surface area contributed by atoms with Gasteiger partial charge in [0, 0.05) is 12.8 Å². The van der Waals surface area contributed by atoms with E-state index in [1.807, 2.05) is 5.43 Å². The van der Waals surface area contributed by atoms with Crippen LogP contribution in [0.15, 0.2) is 24.3 Å². The lowest BCUT2D eigenvalue weighted by Gasteiger charge is -2.00. The van der Waals surface area contributed by atoms with Crippen LogP contribution in [0.5, 0.6) is 5.75 Å². The molecule has 1 amide bonds. The van der Waals surface area contributed by atoms with Gasteiger partial charge < -0.3 is 15.3 Å². The number of hydrogen-bond donors (Lipinski definition) is 5. The predicted octanol–water partition coefficient (Wildman–Crippen LogP) is 3.05. The number of nitrogens with two attached hydrogens (primary N) is 1. The standard InChI is InChI=1S/C12H22O4.C7H8N2O2/c13-11(14)9-7-5-3-1-2-4-6-8-10-12(15)16;8-9-7(11)5-3-1-2-4-6(5)10/h1-10H2,(H,13,14)(H,15,16);1-4,10H,8H2,(H,9,11). The summed E-state index contributed by atoms with van der Waals surface area (Å²) in [4.78, 5) is 31.3. The molecule has 0 saturated heterocycles. The molecule has 1 aromatic carbocycles. The van der Waals surface area contributed by atoms with Crippen molar-refractivity contribution in [2.24, 2.45) is 5.84 Å². The number of hydrazine groups is 1. The Morgan fingerprint density at radius 1 is 0.778 bits per heavy atom. The number of aromatic hydroxyl groups is 1. The van der Waals surface area contributed by atoms with Crippen LogP contribution in [0.3, 0.4) is 0 Å². The van der Waals surface area contributed by atoms with Crippen LogP contribution >= 0.6 is 0 Å². The Hall–Kier alpha value is -2.61. The number of carbonyl (C=O) groups is 3. The van der Waals surface area contributed by atoms with E-state index >= 15 is 0 Å². The van der Waals surface area contributed by atoms with Crippen LogP contribution in [-0.4, -0.2) is 33.2 Å². The van der Waals surface area contributed by atoms with E-state index in [9.17, 15) is 14.4 Å². The average molecular weight is 382 g/mol. The minimum atomic E-state index is -0.714. The van der Waals surface area contributed by atoms with E-state index in [0.717, 1.165) is 51.4 Å². The quantitative estimate of drug-likeness (QED) is 0.161. The maximum Gasteiger partial charge on any atom is 0.303 e. The number of unbranched alkanes of at least 4 members (excludes halogenated alkanes) is 7. The number of benzene rings is 1. The highest BCUT2D eigenvalue weighted by Gasteiger charge is 2.06. The SMILES string of the molecule is NNC(=O)c1ccccc1O.O=C(O)CCCCCCCCCCC(=O)O. The third-order valence-electron chi connectivity index (χ3n) is 3.81. The number of hydrogen-bond acceptors (Lipinski definition) is 5. The number of phenols is 1. The molecule has 0 atom stereocenters. The minimum Gasteiger partial charge on any atom is -0.507 e. The van der Waals surface area contributed by atoms with E-state index in [1.165, 1.54) is 12.1 Å². The Kier molecular flexibility index (Phi) is 14.1. The van der Waals surface area contributed by atoms with Gasteiger partial charge in [-0.05, 0) is 25.0 Å². The average Bonchev–Trinajstić information content (AvgIpc) is 2.63. The Bertz CT molecular complexity index is 555. The number of rotatable bonds is 12. The zero-order valence-corrected chi connectivity index (χ0v) is 15.5. The van der Waals surface area contributed by atoms with E-state index in [0.29, 0.717) is 0 Å². The molecule has 0 aromatic heterocycles. The maximum atomic E-state index is 10.8. The molecule has 6 N–H and O–H groups in total. The molecule has 152 valence electrons. The molecule has 0 radical (unpaired) electrons. The summed E-state index contributed by atoms with van der Waals surface area (Å²) in [5.74, 6) is 2.86. The van der Waals surface area contributed by atoms with Crippen LogP contribution in [0, 0.1) is 0 Å². The summed E-state index contributed by atoms with van der Waals surface area (Å²) in [7, 11) is 0. The van der Waals surface area contributed by atoms with Crippen molar-refractivity contribution in [3.05, 3.63) is 29.8 Å². The lowest BCUT2D eigenvalue weighted by molar-refractivity contribution is -0.138. The summed E-state index contributed by atoms with van der Waals surface area (Å²) in [6, 6.07) is 6.18. The van der Waals surface area contributed by atoms with Gasteiger partial charge in [-0.25, -0.2) is 5.84 Å². The smallest absolute Gasteiger partial charge is 0.303 e. The molecule has 27 heavy (non-hydrogen) atoms. The second kappa shape index (κ2) is 15.6. The Labute approximate surface area is 159 Å². The number of aliphatic carboxylic acids is 2. The molecule has 0 aliphatic carbocycles. The number of nitrogens with one attached hydrogen (secondary N) is 1. The third kappa shape index (κ3) is 14.3. The molecule has 0 heterocycles. The van der Waals surface area contributed by atoms with Crippen LogP contribution < -0.4 is 11.3 Å². The fourth-order valence-electron chi connectivity index (χ4n) is 2.36. The van der Waals surface area contributed by atoms with Gasteiger partial charge in [-0.2, -0.15) is 0 Å². The van der Waals surface area contributed by atoms with Crippen molar-refractivity contribution in [3.63, 3.8) is 0 Å². The van der Waals surface area contributed by atoms with Crippen LogP contribution in [-0.2, 0) is 9.59 Å². The molecule has 0 unspecified atom stereocenters. The zero-order chi connectivity index (χ0) is 20.5. The van der Waals surface area contributed by atoms with Crippen molar-refractivity contribution in [2.45, 2.75) is 64.2 Å². The number of carboxylic acid groups (broad SMARTS) is 2. The summed E-state index contributed by atoms with van der Waals surface area (Å²) in [5, 5.41) is 25.9. The van der Waals surface area contributed by atoms with Gasteiger partial charge in [-0.1, -0.05) is 50.7 Å². The number of phenolic OH excluding ortho intramolecular Hbond substituents is 1. The van der Waals surface area contributed by atoms with Gasteiger partial charge in [0.2, 0.25) is 0 Å². The fraction of sp³-hybridized carbons (Fsp3) is 0.526. The summed E-state index contributed by atoms with van der Waals surface area (Å²) in [5.41, 5.74) is 2.10. The number of nitrogen functional groups attached to an aromatic ring is 1. The number of carbonyl (C=O) groups excluding carboxylic acids is 1. The molecular weight excluding hydrogens is 352 g/mol. The van der Waals surface area contributed by atoms with Crippen molar-refractivity contribution < 1.29 is 29.7 Å². The molecule has 0 saturated carbocycles. The Morgan fingerprint density at radius 3 is 1.56 bits per heavy atom. The van der Waals surface area contributed by atoms with Gasteiger partial charge >= 0.3 is 11.9 Å². The van der Waals surface area contributed by atoms with Crippen molar-refractivity contribution >= 4 is 17.8 Å². The minimum absolute atomic E-state index is 0.0737. The van der Waals surface area contributed by atoms with Gasteiger partial charge in [0.1, 0.15) is 5.75 Å². The Morgan fingerprint density at radius 2 is 1.19 bits per heavy atom. The molecule has 8 heteroatoms. The van der Waals surface area contributed by atoms with Gasteiger partial charge in [0.15, 0.2) is 0 Å². The second-order valence-corrected chi connectivity index (χ2v) is 6.11. The van der Waals surface area contributed by atoms with E-state index in [4.69, 9.17) is 21.2 Å². The highest BCUT2D eigenvalue weighted by atomic mass is 16.4. The van der Waals surface area contributed by atoms with Crippen molar-refractivity contribution in [3.8, 4) is 5.75 Å². The summed E-state index contributed by atoms with van der Waals surface area (Å²) >= 11 is 0. The molecule has 0 aliphatic rings. The van der Waals surface area contributed by atoms with Gasteiger partial charge in [-0.3, -0.25) is 19.8 Å². The molecule has 0 fully saturated rings. The van der Waals surface area contributed by atoms with Gasteiger partial charge in [0.05, 0.1) is 5.56 Å². The topological polar surface area (TPSA) is 150 Å². The summed E-state index contributed by atoms with van der Waals surface area (Å²) < 4.78 is 0. The van der Waals surface area contributed by atoms with Crippen LogP contribution in [0.2, 0.25) is 0 Å². The number of carboxylic acids is 2. The van der Waals surface area contributed by atoms with E-state index in [-0.39, 0.29) is 24.2 Å². The highest BCUT2D eigenvalue weighted by molar-refractivity contribution is 5.96. The lowest BCUT2D eigenvalue weighted by atomic mass is 10.1. The monoisotopic (exact) mass is 382 g/mol. The highest BCUT2D eigenvalue weighted by Crippen LogP contribution is 2.14. The van der Waals surface area contributed by atoms with Crippen LogP contribution in [0.4, 0.5) is 0 Å². The van der Waals surface area contributed by atoms with E-state index in [2.05, 4.69) is 0 Å². The van der Waals surface area contributed by atoms with Gasteiger partial charge in [-0.15, -0.1) is 0 Å². The third-order valence-corrected chi connectivity index (χ3v) is 3.81. The summed E-state index contributed by atoms with van der Waals surface area (Å²) in [6.45, 7) is 0. The normalized spacial score (nSPS) is 9.81. The second-order valence-electron chi connectivity index (χ2n) is 6.11. The first-order valence-electron chi connectivity index (χ1n) is 9.11. The van der Waals surface area contributed by atoms with Gasteiger partial charge in [0.25, 0.3) is 5.91 Å². The van der Waals surface area contributed by atoms with E-state index in [1.54, 1.807) is 12.1 Å². The predicted molar refractivity (Wildman–Crippen MR) is 101 cm³/mol. The van der Waals surface area contributed by atoms with Crippen LogP contribution in [0.1, 0.15) is 74.6 Å². The first-order valence-corrected chi connectivity index (χ1v) is 9.11. The van der Waals surface area contributed by atoms with Crippen LogP contribution in [0.25, 0.3) is 0 Å². The molecular formula is C19H30N2O6. The first kappa shape index (κ1) is 24.4. The summed E-state index contributed by atoms with van der Waals surface area (Å²) in [6.07, 6.45) is 8.51. The first-order chi connectivity index (χ1) is 12.9. The number of para-hydroxylation sites is 1. The van der Waals surface area contributed by atoms with Crippen molar-refractivity contribution in [1.29, 1.82) is 0 Å². The molecule has 8 nitrogen and oxygen atoms in total. The Balaban J connectivity index is 0.000000533. The molecule has 0 aliphatic heterocycles. The number of amides is 1. The zero-order valence-electron chi connectivity index (χ0n) is 15.5. The lowest BCUT2D eigenvalue weighted by Crippen LogP contribution is -2.29. The molecule has 1 rings (SSSR count).